The normalized spacial score (nSPS) is 25.7. The number of carbonyl (C=O) groups is 1. The van der Waals surface area contributed by atoms with Crippen molar-refractivity contribution in [1.29, 1.82) is 10.5 Å². The van der Waals surface area contributed by atoms with Crippen molar-refractivity contribution in [2.45, 2.75) is 52.4 Å². The predicted octanol–water partition coefficient (Wildman–Crippen LogP) is 3.28. The molecule has 94 valence electrons. The molecule has 0 heterocycles. The van der Waals surface area contributed by atoms with E-state index in [0.29, 0.717) is 12.8 Å². The number of nitrogens with zero attached hydrogens (tertiary/aromatic N) is 2. The van der Waals surface area contributed by atoms with Crippen molar-refractivity contribution in [3.8, 4) is 12.1 Å². The Kier molecular flexibility index (Phi) is 3.03. The number of ketones is 1. The Labute approximate surface area is 108 Å². The van der Waals surface area contributed by atoms with Gasteiger partial charge in [-0.05, 0) is 45.1 Å². The predicted molar refractivity (Wildman–Crippen MR) is 67.2 cm³/mol. The molecule has 2 aliphatic carbocycles. The third kappa shape index (κ3) is 1.66. The summed E-state index contributed by atoms with van der Waals surface area (Å²) in [4.78, 5) is 12.1. The van der Waals surface area contributed by atoms with Gasteiger partial charge in [0.1, 0.15) is 5.78 Å². The number of Topliss-reactive ketones (excluding diaryl/α,β-unsaturated/α-hetero) is 1. The average molecular weight is 242 g/mol. The van der Waals surface area contributed by atoms with E-state index in [9.17, 15) is 15.3 Å². The fourth-order valence-electron chi connectivity index (χ4n) is 3.47. The first-order valence-electron chi connectivity index (χ1n) is 6.57. The molecule has 0 aromatic rings. The van der Waals surface area contributed by atoms with Crippen molar-refractivity contribution in [1.82, 2.24) is 0 Å². The number of hydrogen-bond acceptors (Lipinski definition) is 3. The highest BCUT2D eigenvalue weighted by Gasteiger charge is 2.49. The second-order valence-corrected chi connectivity index (χ2v) is 5.86. The number of allylic oxidation sites excluding steroid dienone is 2. The minimum Gasteiger partial charge on any atom is -0.299 e. The van der Waals surface area contributed by atoms with E-state index in [2.05, 4.69) is 12.1 Å². The third-order valence-electron chi connectivity index (χ3n) is 4.42. The smallest absolute Gasteiger partial charge is 0.165 e. The molecule has 0 saturated heterocycles. The van der Waals surface area contributed by atoms with Crippen LogP contribution in [0.1, 0.15) is 52.4 Å². The summed E-state index contributed by atoms with van der Waals surface area (Å²) in [5, 5.41) is 19.0. The lowest BCUT2D eigenvalue weighted by Crippen LogP contribution is -2.38. The van der Waals surface area contributed by atoms with Gasteiger partial charge in [0.2, 0.25) is 0 Å². The first-order chi connectivity index (χ1) is 8.48. The van der Waals surface area contributed by atoms with E-state index in [1.807, 2.05) is 13.8 Å². The lowest BCUT2D eigenvalue weighted by Gasteiger charge is -2.38. The van der Waals surface area contributed by atoms with Gasteiger partial charge >= 0.3 is 0 Å². The zero-order valence-corrected chi connectivity index (χ0v) is 11.0. The highest BCUT2D eigenvalue weighted by atomic mass is 16.1. The molecule has 0 aromatic heterocycles. The Bertz CT molecular complexity index is 486. The number of hydrogen-bond donors (Lipinski definition) is 0. The summed E-state index contributed by atoms with van der Waals surface area (Å²) in [6.45, 7) is 3.75. The second-order valence-electron chi connectivity index (χ2n) is 5.86. The summed E-state index contributed by atoms with van der Waals surface area (Å²) >= 11 is 0. The summed E-state index contributed by atoms with van der Waals surface area (Å²) in [6.07, 6.45) is 4.71. The first-order valence-corrected chi connectivity index (χ1v) is 6.57. The van der Waals surface area contributed by atoms with Crippen LogP contribution in [0.15, 0.2) is 11.1 Å². The maximum Gasteiger partial charge on any atom is 0.165 e. The molecule has 2 aliphatic rings. The molecule has 2 rings (SSSR count). The summed E-state index contributed by atoms with van der Waals surface area (Å²) < 4.78 is 0. The highest BCUT2D eigenvalue weighted by molar-refractivity contribution is 5.89. The fourth-order valence-corrected chi connectivity index (χ4v) is 3.47. The van der Waals surface area contributed by atoms with Crippen molar-refractivity contribution in [2.24, 2.45) is 10.8 Å². The van der Waals surface area contributed by atoms with Crippen molar-refractivity contribution in [3.05, 3.63) is 11.1 Å². The van der Waals surface area contributed by atoms with Gasteiger partial charge in [0, 0.05) is 11.8 Å². The molecule has 0 bridgehead atoms. The van der Waals surface area contributed by atoms with Crippen molar-refractivity contribution < 1.29 is 4.79 Å². The topological polar surface area (TPSA) is 64.7 Å². The van der Waals surface area contributed by atoms with Gasteiger partial charge < -0.3 is 0 Å². The van der Waals surface area contributed by atoms with Gasteiger partial charge in [0.15, 0.2) is 5.41 Å². The van der Waals surface area contributed by atoms with Gasteiger partial charge in [0.25, 0.3) is 0 Å². The highest BCUT2D eigenvalue weighted by Crippen LogP contribution is 2.51. The molecule has 0 N–H and O–H groups in total. The van der Waals surface area contributed by atoms with Crippen LogP contribution in [0.5, 0.6) is 0 Å². The van der Waals surface area contributed by atoms with Crippen LogP contribution in [0.2, 0.25) is 0 Å². The van der Waals surface area contributed by atoms with E-state index in [1.54, 1.807) is 0 Å². The van der Waals surface area contributed by atoms with E-state index in [-0.39, 0.29) is 5.78 Å². The zero-order valence-electron chi connectivity index (χ0n) is 11.0. The van der Waals surface area contributed by atoms with Crippen LogP contribution in [0, 0.1) is 33.5 Å². The molecule has 3 nitrogen and oxygen atoms in total. The van der Waals surface area contributed by atoms with Gasteiger partial charge in [-0.3, -0.25) is 4.79 Å². The Morgan fingerprint density at radius 3 is 2.33 bits per heavy atom. The Morgan fingerprint density at radius 2 is 1.72 bits per heavy atom. The maximum absolute atomic E-state index is 12.1. The Hall–Kier alpha value is -1.61. The van der Waals surface area contributed by atoms with Gasteiger partial charge in [0.05, 0.1) is 12.1 Å². The van der Waals surface area contributed by atoms with E-state index in [4.69, 9.17) is 0 Å². The number of carbonyl (C=O) groups excluding carboxylic acids is 1. The summed E-state index contributed by atoms with van der Waals surface area (Å²) in [6, 6.07) is 4.42. The minimum atomic E-state index is -1.08. The molecular formula is C15H18N2O. The molecule has 0 aliphatic heterocycles. The molecular weight excluding hydrogens is 224 g/mol. The van der Waals surface area contributed by atoms with Gasteiger partial charge in [-0.25, -0.2) is 0 Å². The van der Waals surface area contributed by atoms with Crippen LogP contribution in [0.4, 0.5) is 0 Å². The fraction of sp³-hybridized carbons (Fsp3) is 0.667. The Balaban J connectivity index is 2.67. The lowest BCUT2D eigenvalue weighted by molar-refractivity contribution is -0.126. The van der Waals surface area contributed by atoms with Crippen molar-refractivity contribution in [2.75, 3.05) is 0 Å². The lowest BCUT2D eigenvalue weighted by atomic mass is 9.61. The van der Waals surface area contributed by atoms with E-state index in [1.165, 1.54) is 5.57 Å². The molecule has 0 radical (unpaired) electrons. The maximum atomic E-state index is 12.1. The number of rotatable bonds is 0. The van der Waals surface area contributed by atoms with Gasteiger partial charge in [-0.15, -0.1) is 0 Å². The second kappa shape index (κ2) is 4.25. The first kappa shape index (κ1) is 12.8. The molecule has 0 unspecified atom stereocenters. The monoisotopic (exact) mass is 242 g/mol. The number of nitriles is 2. The van der Waals surface area contributed by atoms with Crippen LogP contribution >= 0.6 is 0 Å². The van der Waals surface area contributed by atoms with Crippen molar-refractivity contribution >= 4 is 5.78 Å². The SMILES string of the molecule is CC1(C)C(=O)CCC2=C1C(C#N)(C#N)CCCC2. The molecule has 0 amide bonds. The van der Waals surface area contributed by atoms with Gasteiger partial charge in [-0.2, -0.15) is 10.5 Å². The van der Waals surface area contributed by atoms with Crippen LogP contribution in [0.3, 0.4) is 0 Å². The zero-order chi connectivity index (χ0) is 13.4. The molecule has 18 heavy (non-hydrogen) atoms. The molecule has 3 heteroatoms. The van der Waals surface area contributed by atoms with Gasteiger partial charge in [-0.1, -0.05) is 12.0 Å². The van der Waals surface area contributed by atoms with E-state index < -0.39 is 10.8 Å². The average Bonchev–Trinajstić information content (AvgIpc) is 2.54. The minimum absolute atomic E-state index is 0.165. The van der Waals surface area contributed by atoms with Crippen LogP contribution in [0.25, 0.3) is 0 Å². The van der Waals surface area contributed by atoms with E-state index >= 15 is 0 Å². The van der Waals surface area contributed by atoms with Crippen LogP contribution in [-0.4, -0.2) is 5.78 Å². The van der Waals surface area contributed by atoms with E-state index in [0.717, 1.165) is 31.3 Å². The van der Waals surface area contributed by atoms with Crippen LogP contribution < -0.4 is 0 Å². The molecule has 0 spiro atoms. The largest absolute Gasteiger partial charge is 0.299 e. The third-order valence-corrected chi connectivity index (χ3v) is 4.42. The molecule has 0 fully saturated rings. The summed E-state index contributed by atoms with van der Waals surface area (Å²) in [5.74, 6) is 0.165. The summed E-state index contributed by atoms with van der Waals surface area (Å²) in [5.41, 5.74) is 0.295. The molecule has 0 saturated carbocycles. The quantitative estimate of drug-likeness (QED) is 0.612. The van der Waals surface area contributed by atoms with Crippen molar-refractivity contribution in [3.63, 3.8) is 0 Å². The summed E-state index contributed by atoms with van der Waals surface area (Å²) in [7, 11) is 0. The molecule has 0 aromatic carbocycles. The van der Waals surface area contributed by atoms with Crippen LogP contribution in [-0.2, 0) is 4.79 Å². The standard InChI is InChI=1S/C15H18N2O/c1-14(2)12(18)7-6-11-5-3-4-8-15(9-16,10-17)13(11)14/h3-8H2,1-2H3. The molecule has 0 atom stereocenters. The Morgan fingerprint density at radius 1 is 1.06 bits per heavy atom.